The Kier molecular flexibility index (Phi) is 4.58. The van der Waals surface area contributed by atoms with Crippen LogP contribution in [0.5, 0.6) is 0 Å². The number of carbonyl (C=O) groups is 2. The molecule has 1 N–H and O–H groups in total. The highest BCUT2D eigenvalue weighted by Gasteiger charge is 2.33. The molecule has 0 radical (unpaired) electrons. The summed E-state index contributed by atoms with van der Waals surface area (Å²) >= 11 is 1.48. The summed E-state index contributed by atoms with van der Waals surface area (Å²) in [4.78, 5) is 26.4. The number of carbonyl (C=O) groups excluding carboxylic acids is 2. The van der Waals surface area contributed by atoms with Gasteiger partial charge in [-0.25, -0.2) is 0 Å². The minimum Gasteiger partial charge on any atom is -0.352 e. The van der Waals surface area contributed by atoms with Crippen LogP contribution in [0.3, 0.4) is 0 Å². The van der Waals surface area contributed by atoms with E-state index in [0.29, 0.717) is 4.88 Å². The lowest BCUT2D eigenvalue weighted by Gasteiger charge is -2.07. The van der Waals surface area contributed by atoms with E-state index in [-0.39, 0.29) is 11.8 Å². The monoisotopic (exact) mass is 316 g/mol. The fraction of sp³-hybridized carbons (Fsp3) is 0.588. The molecule has 0 bridgehead atoms. The second-order valence-corrected chi connectivity index (χ2v) is 7.32. The van der Waals surface area contributed by atoms with E-state index < -0.39 is 11.8 Å². The van der Waals surface area contributed by atoms with Gasteiger partial charge in [-0.2, -0.15) is 5.26 Å². The summed E-state index contributed by atoms with van der Waals surface area (Å²) in [6.07, 6.45) is 8.71. The fourth-order valence-corrected chi connectivity index (χ4v) is 4.08. The van der Waals surface area contributed by atoms with E-state index in [1.54, 1.807) is 0 Å². The number of nitrogens with one attached hydrogen (secondary N) is 1. The molecule has 116 valence electrons. The van der Waals surface area contributed by atoms with E-state index in [9.17, 15) is 14.9 Å². The van der Waals surface area contributed by atoms with Gasteiger partial charge in [-0.05, 0) is 50.2 Å². The molecular weight excluding hydrogens is 296 g/mol. The number of ketones is 1. The lowest BCUT2D eigenvalue weighted by Crippen LogP contribution is -2.35. The molecule has 1 fully saturated rings. The normalized spacial score (nSPS) is 19.2. The molecule has 1 amide bonds. The van der Waals surface area contributed by atoms with Gasteiger partial charge in [0.2, 0.25) is 5.91 Å². The molecule has 1 atom stereocenters. The van der Waals surface area contributed by atoms with Crippen LogP contribution in [0.4, 0.5) is 0 Å². The van der Waals surface area contributed by atoms with E-state index >= 15 is 0 Å². The van der Waals surface area contributed by atoms with Crippen LogP contribution >= 0.6 is 11.3 Å². The van der Waals surface area contributed by atoms with Gasteiger partial charge in [0.1, 0.15) is 0 Å². The predicted molar refractivity (Wildman–Crippen MR) is 84.8 cm³/mol. The van der Waals surface area contributed by atoms with Crippen molar-refractivity contribution in [2.45, 2.75) is 57.4 Å². The molecule has 1 heterocycles. The highest BCUT2D eigenvalue weighted by atomic mass is 32.1. The molecule has 4 nitrogen and oxygen atoms in total. The van der Waals surface area contributed by atoms with E-state index in [1.165, 1.54) is 34.6 Å². The van der Waals surface area contributed by atoms with Crippen LogP contribution in [0.2, 0.25) is 0 Å². The molecule has 1 saturated carbocycles. The van der Waals surface area contributed by atoms with Crippen LogP contribution in [-0.2, 0) is 17.6 Å². The Balaban J connectivity index is 1.76. The van der Waals surface area contributed by atoms with Crippen molar-refractivity contribution in [2.75, 3.05) is 0 Å². The topological polar surface area (TPSA) is 70.0 Å². The van der Waals surface area contributed by atoms with Crippen LogP contribution < -0.4 is 5.32 Å². The van der Waals surface area contributed by atoms with E-state index in [0.717, 1.165) is 38.5 Å². The standard InChI is InChI=1S/C17H20N2O2S/c18-10-13(17(21)19-12-7-8-12)16(20)15-9-11-5-3-1-2-4-6-14(11)22-15/h9,12-13H,1-8H2,(H,19,21)/t13-/m1/s1. The first-order valence-corrected chi connectivity index (χ1v) is 8.86. The summed E-state index contributed by atoms with van der Waals surface area (Å²) in [5.74, 6) is -1.97. The second-order valence-electron chi connectivity index (χ2n) is 6.18. The average molecular weight is 316 g/mol. The Morgan fingerprint density at radius 1 is 1.23 bits per heavy atom. The summed E-state index contributed by atoms with van der Waals surface area (Å²) < 4.78 is 0. The molecule has 2 aliphatic carbocycles. The number of thiophene rings is 1. The third kappa shape index (κ3) is 3.38. The average Bonchev–Trinajstić information content (AvgIpc) is 3.20. The Labute approximate surface area is 134 Å². The largest absolute Gasteiger partial charge is 0.352 e. The molecule has 0 unspecified atom stereocenters. The summed E-state index contributed by atoms with van der Waals surface area (Å²) in [6.45, 7) is 0. The maximum absolute atomic E-state index is 12.5. The van der Waals surface area contributed by atoms with Gasteiger partial charge in [0.25, 0.3) is 0 Å². The van der Waals surface area contributed by atoms with Crippen LogP contribution in [0.1, 0.15) is 58.6 Å². The van der Waals surface area contributed by atoms with Crippen molar-refractivity contribution in [1.82, 2.24) is 5.32 Å². The van der Waals surface area contributed by atoms with Gasteiger partial charge in [-0.15, -0.1) is 11.3 Å². The smallest absolute Gasteiger partial charge is 0.245 e. The van der Waals surface area contributed by atoms with Gasteiger partial charge in [0.15, 0.2) is 11.7 Å². The minimum absolute atomic E-state index is 0.166. The Morgan fingerprint density at radius 2 is 1.95 bits per heavy atom. The maximum Gasteiger partial charge on any atom is 0.245 e. The quantitative estimate of drug-likeness (QED) is 0.685. The molecule has 1 aromatic rings. The first-order valence-electron chi connectivity index (χ1n) is 8.05. The molecule has 0 spiro atoms. The van der Waals surface area contributed by atoms with Crippen molar-refractivity contribution in [3.8, 4) is 6.07 Å². The number of nitrogens with zero attached hydrogens (tertiary/aromatic N) is 1. The van der Waals surface area contributed by atoms with Crippen LogP contribution in [0.15, 0.2) is 6.07 Å². The number of aryl methyl sites for hydroxylation is 2. The fourth-order valence-electron chi connectivity index (χ4n) is 2.86. The predicted octanol–water partition coefficient (Wildman–Crippen LogP) is 3.01. The zero-order chi connectivity index (χ0) is 15.5. The zero-order valence-corrected chi connectivity index (χ0v) is 13.4. The van der Waals surface area contributed by atoms with Gasteiger partial charge in [0, 0.05) is 10.9 Å². The van der Waals surface area contributed by atoms with Crippen molar-refractivity contribution in [2.24, 2.45) is 5.92 Å². The van der Waals surface area contributed by atoms with E-state index in [2.05, 4.69) is 5.32 Å². The minimum atomic E-state index is -1.20. The first kappa shape index (κ1) is 15.2. The summed E-state index contributed by atoms with van der Waals surface area (Å²) in [6, 6.07) is 3.97. The lowest BCUT2D eigenvalue weighted by molar-refractivity contribution is -0.122. The molecule has 0 saturated heterocycles. The lowest BCUT2D eigenvalue weighted by atomic mass is 9.98. The van der Waals surface area contributed by atoms with Crippen molar-refractivity contribution >= 4 is 23.0 Å². The highest BCUT2D eigenvalue weighted by molar-refractivity contribution is 7.14. The Morgan fingerprint density at radius 3 is 2.64 bits per heavy atom. The number of Topliss-reactive ketones (excluding diaryl/α,β-unsaturated/α-hetero) is 1. The molecule has 0 aromatic carbocycles. The zero-order valence-electron chi connectivity index (χ0n) is 12.6. The third-order valence-electron chi connectivity index (χ3n) is 4.32. The number of amides is 1. The van der Waals surface area contributed by atoms with Gasteiger partial charge in [-0.3, -0.25) is 9.59 Å². The number of rotatable bonds is 4. The number of nitriles is 1. The first-order chi connectivity index (χ1) is 10.7. The molecule has 0 aliphatic heterocycles. The van der Waals surface area contributed by atoms with E-state index in [1.807, 2.05) is 12.1 Å². The summed E-state index contributed by atoms with van der Waals surface area (Å²) in [5.41, 5.74) is 1.24. The summed E-state index contributed by atoms with van der Waals surface area (Å²) in [7, 11) is 0. The summed E-state index contributed by atoms with van der Waals surface area (Å²) in [5, 5.41) is 12.0. The van der Waals surface area contributed by atoms with Gasteiger partial charge in [0.05, 0.1) is 10.9 Å². The van der Waals surface area contributed by atoms with Gasteiger partial charge in [-0.1, -0.05) is 12.8 Å². The van der Waals surface area contributed by atoms with Gasteiger partial charge < -0.3 is 5.32 Å². The molecule has 22 heavy (non-hydrogen) atoms. The second kappa shape index (κ2) is 6.62. The highest BCUT2D eigenvalue weighted by Crippen LogP contribution is 2.30. The van der Waals surface area contributed by atoms with Crippen LogP contribution in [-0.4, -0.2) is 17.7 Å². The van der Waals surface area contributed by atoms with Gasteiger partial charge >= 0.3 is 0 Å². The molecule has 3 rings (SSSR count). The number of fused-ring (bicyclic) bond motifs is 1. The maximum atomic E-state index is 12.5. The third-order valence-corrected chi connectivity index (χ3v) is 5.57. The van der Waals surface area contributed by atoms with E-state index in [4.69, 9.17) is 0 Å². The SMILES string of the molecule is N#C[C@@H](C(=O)NC1CC1)C(=O)c1cc2c(s1)CCCCCC2. The van der Waals surface area contributed by atoms with Crippen LogP contribution in [0, 0.1) is 17.2 Å². The van der Waals surface area contributed by atoms with Crippen molar-refractivity contribution in [1.29, 1.82) is 5.26 Å². The molecule has 2 aliphatic rings. The molecule has 5 heteroatoms. The molecular formula is C17H20N2O2S. The Hall–Kier alpha value is -1.67. The number of hydrogen-bond donors (Lipinski definition) is 1. The van der Waals surface area contributed by atoms with Crippen molar-refractivity contribution < 1.29 is 9.59 Å². The van der Waals surface area contributed by atoms with Crippen molar-refractivity contribution in [3.05, 3.63) is 21.4 Å². The Bertz CT molecular complexity index is 600. The number of hydrogen-bond acceptors (Lipinski definition) is 4. The van der Waals surface area contributed by atoms with Crippen molar-refractivity contribution in [3.63, 3.8) is 0 Å². The molecule has 1 aromatic heterocycles. The van der Waals surface area contributed by atoms with Crippen LogP contribution in [0.25, 0.3) is 0 Å².